The molecule has 2 aliphatic rings. The Hall–Kier alpha value is -3.40. The Bertz CT molecular complexity index is 1030. The lowest BCUT2D eigenvalue weighted by Crippen LogP contribution is -2.10. The standard InChI is InChI=1S/C26H24N2O2/c1-17-13-18(2)22(26-28-24(16-30-26)20-11-7-4-8-12-20)14-21(17)25-27-23(15-29-25)19-9-5-3-6-10-19/h3-14,23-24H,15-16H2,1-2H3/t23-,24-/m1/s1. The summed E-state index contributed by atoms with van der Waals surface area (Å²) < 4.78 is 12.0. The Morgan fingerprint density at radius 2 is 1.07 bits per heavy atom. The van der Waals surface area contributed by atoms with Crippen LogP contribution in [0.4, 0.5) is 0 Å². The highest BCUT2D eigenvalue weighted by Gasteiger charge is 2.26. The molecule has 0 aromatic heterocycles. The average molecular weight is 396 g/mol. The molecule has 30 heavy (non-hydrogen) atoms. The molecule has 0 spiro atoms. The molecule has 4 nitrogen and oxygen atoms in total. The Labute approximate surface area is 176 Å². The van der Waals surface area contributed by atoms with Crippen LogP contribution in [-0.2, 0) is 9.47 Å². The van der Waals surface area contributed by atoms with Crippen molar-refractivity contribution in [2.24, 2.45) is 9.98 Å². The first kappa shape index (κ1) is 18.6. The van der Waals surface area contributed by atoms with Crippen molar-refractivity contribution >= 4 is 11.8 Å². The van der Waals surface area contributed by atoms with E-state index in [-0.39, 0.29) is 12.1 Å². The van der Waals surface area contributed by atoms with Crippen LogP contribution < -0.4 is 0 Å². The van der Waals surface area contributed by atoms with Gasteiger partial charge >= 0.3 is 0 Å². The highest BCUT2D eigenvalue weighted by molar-refractivity contribution is 6.02. The van der Waals surface area contributed by atoms with Gasteiger partial charge in [0.05, 0.1) is 0 Å². The average Bonchev–Trinajstić information content (AvgIpc) is 3.46. The summed E-state index contributed by atoms with van der Waals surface area (Å²) in [5, 5.41) is 0. The number of rotatable bonds is 4. The lowest BCUT2D eigenvalue weighted by atomic mass is 9.99. The zero-order valence-electron chi connectivity index (χ0n) is 17.2. The minimum absolute atomic E-state index is 0.0351. The molecule has 0 aliphatic carbocycles. The molecule has 0 fully saturated rings. The second-order valence-electron chi connectivity index (χ2n) is 7.83. The van der Waals surface area contributed by atoms with Gasteiger partial charge in [-0.1, -0.05) is 66.7 Å². The minimum Gasteiger partial charge on any atom is -0.475 e. The Morgan fingerprint density at radius 1 is 0.633 bits per heavy atom. The molecule has 2 aliphatic heterocycles. The fraction of sp³-hybridized carbons (Fsp3) is 0.231. The van der Waals surface area contributed by atoms with Crippen molar-refractivity contribution in [1.29, 1.82) is 0 Å². The topological polar surface area (TPSA) is 43.2 Å². The molecule has 0 radical (unpaired) electrons. The maximum absolute atomic E-state index is 6.00. The van der Waals surface area contributed by atoms with Gasteiger partial charge in [0.1, 0.15) is 25.3 Å². The smallest absolute Gasteiger partial charge is 0.217 e. The second kappa shape index (κ2) is 7.79. The third-order valence-corrected chi connectivity index (χ3v) is 5.70. The molecule has 4 heteroatoms. The lowest BCUT2D eigenvalue weighted by Gasteiger charge is -2.11. The fourth-order valence-corrected chi connectivity index (χ4v) is 4.05. The van der Waals surface area contributed by atoms with Crippen LogP contribution in [0.2, 0.25) is 0 Å². The van der Waals surface area contributed by atoms with E-state index in [9.17, 15) is 0 Å². The molecule has 3 aromatic carbocycles. The first-order valence-electron chi connectivity index (χ1n) is 10.3. The van der Waals surface area contributed by atoms with E-state index in [4.69, 9.17) is 19.5 Å². The largest absolute Gasteiger partial charge is 0.475 e. The molecule has 150 valence electrons. The molecule has 0 saturated heterocycles. The zero-order chi connectivity index (χ0) is 20.5. The number of ether oxygens (including phenoxy) is 2. The van der Waals surface area contributed by atoms with Crippen molar-refractivity contribution < 1.29 is 9.47 Å². The molecule has 0 saturated carbocycles. The highest BCUT2D eigenvalue weighted by atomic mass is 16.5. The quantitative estimate of drug-likeness (QED) is 0.597. The molecule has 5 rings (SSSR count). The molecule has 2 atom stereocenters. The predicted octanol–water partition coefficient (Wildman–Crippen LogP) is 5.34. The van der Waals surface area contributed by atoms with Crippen molar-refractivity contribution in [2.45, 2.75) is 25.9 Å². The monoisotopic (exact) mass is 396 g/mol. The van der Waals surface area contributed by atoms with Gasteiger partial charge in [0.25, 0.3) is 0 Å². The van der Waals surface area contributed by atoms with Gasteiger partial charge in [-0.25, -0.2) is 9.98 Å². The third-order valence-electron chi connectivity index (χ3n) is 5.70. The van der Waals surface area contributed by atoms with E-state index in [0.717, 1.165) is 22.3 Å². The molecular formula is C26H24N2O2. The normalized spacial score (nSPS) is 20.3. The maximum atomic E-state index is 6.00. The van der Waals surface area contributed by atoms with Crippen LogP contribution in [0.5, 0.6) is 0 Å². The van der Waals surface area contributed by atoms with Crippen molar-refractivity contribution in [3.63, 3.8) is 0 Å². The molecule has 0 amide bonds. The SMILES string of the molecule is Cc1cc(C)c(C2=N[C@@H](c3ccccc3)CO2)cc1C1=N[C@@H](c2ccccc2)CO1. The van der Waals surface area contributed by atoms with Crippen LogP contribution in [0.25, 0.3) is 0 Å². The summed E-state index contributed by atoms with van der Waals surface area (Å²) in [5.41, 5.74) is 6.63. The van der Waals surface area contributed by atoms with Crippen LogP contribution in [0.1, 0.15) is 45.5 Å². The van der Waals surface area contributed by atoms with Crippen molar-refractivity contribution in [1.82, 2.24) is 0 Å². The number of nitrogens with zero attached hydrogens (tertiary/aromatic N) is 2. The van der Waals surface area contributed by atoms with E-state index in [0.29, 0.717) is 25.0 Å². The molecule has 2 heterocycles. The van der Waals surface area contributed by atoms with Crippen LogP contribution in [0.15, 0.2) is 82.8 Å². The van der Waals surface area contributed by atoms with Crippen LogP contribution in [0.3, 0.4) is 0 Å². The van der Waals surface area contributed by atoms with Gasteiger partial charge in [-0.05, 0) is 42.2 Å². The summed E-state index contributed by atoms with van der Waals surface area (Å²) in [5.74, 6) is 1.39. The number of benzene rings is 3. The molecule has 0 unspecified atom stereocenters. The van der Waals surface area contributed by atoms with E-state index >= 15 is 0 Å². The van der Waals surface area contributed by atoms with Gasteiger partial charge in [-0.15, -0.1) is 0 Å². The van der Waals surface area contributed by atoms with E-state index in [1.165, 1.54) is 11.1 Å². The Balaban J connectivity index is 1.47. The summed E-state index contributed by atoms with van der Waals surface area (Å²) in [7, 11) is 0. The van der Waals surface area contributed by atoms with E-state index in [1.54, 1.807) is 0 Å². The lowest BCUT2D eigenvalue weighted by molar-refractivity contribution is 0.319. The molecule has 3 aromatic rings. The van der Waals surface area contributed by atoms with Gasteiger partial charge in [-0.2, -0.15) is 0 Å². The summed E-state index contributed by atoms with van der Waals surface area (Å²) in [4.78, 5) is 9.73. The van der Waals surface area contributed by atoms with Crippen LogP contribution >= 0.6 is 0 Å². The highest BCUT2D eigenvalue weighted by Crippen LogP contribution is 2.30. The Morgan fingerprint density at radius 3 is 1.50 bits per heavy atom. The number of aryl methyl sites for hydroxylation is 2. The first-order chi connectivity index (χ1) is 14.7. The van der Waals surface area contributed by atoms with Crippen molar-refractivity contribution in [2.75, 3.05) is 13.2 Å². The van der Waals surface area contributed by atoms with Gasteiger partial charge in [-0.3, -0.25) is 0 Å². The maximum Gasteiger partial charge on any atom is 0.217 e. The minimum atomic E-state index is 0.0351. The van der Waals surface area contributed by atoms with E-state index in [2.05, 4.69) is 50.2 Å². The van der Waals surface area contributed by atoms with E-state index in [1.807, 2.05) is 36.4 Å². The van der Waals surface area contributed by atoms with Gasteiger partial charge < -0.3 is 9.47 Å². The van der Waals surface area contributed by atoms with Gasteiger partial charge in [0.15, 0.2) is 0 Å². The molecular weight excluding hydrogens is 372 g/mol. The number of hydrogen-bond donors (Lipinski definition) is 0. The summed E-state index contributed by atoms with van der Waals surface area (Å²) in [6.07, 6.45) is 0. The van der Waals surface area contributed by atoms with E-state index < -0.39 is 0 Å². The number of aliphatic imine (C=N–C) groups is 2. The zero-order valence-corrected chi connectivity index (χ0v) is 17.2. The molecule has 0 bridgehead atoms. The van der Waals surface area contributed by atoms with Crippen LogP contribution in [-0.4, -0.2) is 25.0 Å². The Kier molecular flexibility index (Phi) is 4.83. The van der Waals surface area contributed by atoms with Crippen molar-refractivity contribution in [3.8, 4) is 0 Å². The summed E-state index contributed by atoms with van der Waals surface area (Å²) >= 11 is 0. The summed E-state index contributed by atoms with van der Waals surface area (Å²) in [6.45, 7) is 5.32. The van der Waals surface area contributed by atoms with Gasteiger partial charge in [0.2, 0.25) is 11.8 Å². The van der Waals surface area contributed by atoms with Crippen LogP contribution in [0, 0.1) is 13.8 Å². The second-order valence-corrected chi connectivity index (χ2v) is 7.83. The molecule has 0 N–H and O–H groups in total. The van der Waals surface area contributed by atoms with Crippen molar-refractivity contribution in [3.05, 3.63) is 106 Å². The first-order valence-corrected chi connectivity index (χ1v) is 10.3. The summed E-state index contributed by atoms with van der Waals surface area (Å²) in [6, 6.07) is 24.9. The van der Waals surface area contributed by atoms with Gasteiger partial charge in [0, 0.05) is 11.1 Å². The predicted molar refractivity (Wildman–Crippen MR) is 119 cm³/mol. The fourth-order valence-electron chi connectivity index (χ4n) is 4.05. The third kappa shape index (κ3) is 3.50. The number of hydrogen-bond acceptors (Lipinski definition) is 4.